The molecule has 0 aliphatic carbocycles. The fraction of sp³-hybridized carbons (Fsp3) is 0.692. The van der Waals surface area contributed by atoms with Crippen LogP contribution in [-0.4, -0.2) is 34.0 Å². The van der Waals surface area contributed by atoms with Gasteiger partial charge in [0.1, 0.15) is 0 Å². The zero-order valence-corrected chi connectivity index (χ0v) is 25.1. The number of hydrogen-bond acceptors (Lipinski definition) is 5. The van der Waals surface area contributed by atoms with Crippen molar-refractivity contribution in [3.05, 3.63) is 36.4 Å². The van der Waals surface area contributed by atoms with Crippen LogP contribution in [0.3, 0.4) is 0 Å². The summed E-state index contributed by atoms with van der Waals surface area (Å²) in [4.78, 5) is 0. The number of nitrogens with one attached hydrogen (secondary N) is 2. The van der Waals surface area contributed by atoms with Gasteiger partial charge in [0.05, 0.1) is 5.75 Å². The first kappa shape index (κ1) is 37.8. The highest BCUT2D eigenvalue weighted by atomic mass is 32.2. The Balaban J connectivity index is 2.43. The highest BCUT2D eigenvalue weighted by Crippen LogP contribution is 2.42. The van der Waals surface area contributed by atoms with Gasteiger partial charge < -0.3 is 4.74 Å². The first-order chi connectivity index (χ1) is 19.5. The molecule has 0 radical (unpaired) electrons. The van der Waals surface area contributed by atoms with Crippen molar-refractivity contribution in [2.24, 2.45) is 0 Å². The van der Waals surface area contributed by atoms with E-state index in [1.54, 1.807) is 0 Å². The Morgan fingerprint density at radius 1 is 0.667 bits per heavy atom. The molecule has 1 rings (SSSR count). The zero-order valence-electron chi connectivity index (χ0n) is 23.4. The molecule has 7 nitrogen and oxygen atoms in total. The second-order valence-electron chi connectivity index (χ2n) is 9.87. The van der Waals surface area contributed by atoms with Crippen molar-refractivity contribution in [1.29, 1.82) is 0 Å². The fourth-order valence-corrected chi connectivity index (χ4v) is 6.02. The molecule has 0 saturated carbocycles. The molecular weight excluding hydrogens is 617 g/mol. The van der Waals surface area contributed by atoms with Gasteiger partial charge in [0.25, 0.3) is 0 Å². The molecule has 0 spiro atoms. The van der Waals surface area contributed by atoms with Crippen LogP contribution in [-0.2, 0) is 24.8 Å². The number of alkyl halides is 4. The lowest BCUT2D eigenvalue weighted by Gasteiger charge is -2.25. The molecule has 2 N–H and O–H groups in total. The van der Waals surface area contributed by atoms with Crippen LogP contribution in [0.1, 0.15) is 96.8 Å². The molecule has 1 aromatic rings. The number of rotatable bonds is 23. The summed E-state index contributed by atoms with van der Waals surface area (Å²) in [6.07, 6.45) is 5.71. The minimum atomic E-state index is -6.35. The van der Waals surface area contributed by atoms with Crippen molar-refractivity contribution < 1.29 is 52.3 Å². The molecule has 42 heavy (non-hydrogen) atoms. The zero-order chi connectivity index (χ0) is 31.9. The first-order valence-corrected chi connectivity index (χ1v) is 17.0. The second kappa shape index (κ2) is 17.8. The summed E-state index contributed by atoms with van der Waals surface area (Å²) in [6, 6.07) is 0.167. The smallest absolute Gasteiger partial charge is 0.397 e. The van der Waals surface area contributed by atoms with E-state index in [1.807, 2.05) is 0 Å². The van der Waals surface area contributed by atoms with Gasteiger partial charge in [0.15, 0.2) is 0 Å². The van der Waals surface area contributed by atoms with Gasteiger partial charge in [-0.3, -0.25) is 9.44 Å². The average Bonchev–Trinajstić information content (AvgIpc) is 2.89. The number of ether oxygens (including phenoxy) is 1. The average molecular weight is 657 g/mol. The molecule has 0 saturated heterocycles. The maximum Gasteiger partial charge on any atom is 0.484 e. The van der Waals surface area contributed by atoms with Crippen LogP contribution < -0.4 is 9.44 Å². The predicted octanol–water partition coefficient (Wildman–Crippen LogP) is 8.89. The van der Waals surface area contributed by atoms with E-state index in [2.05, 4.69) is 16.4 Å². The Labute approximate surface area is 243 Å². The summed E-state index contributed by atoms with van der Waals surface area (Å²) < 4.78 is 145. The van der Waals surface area contributed by atoms with Crippen LogP contribution in [0.4, 0.5) is 42.1 Å². The molecule has 0 aliphatic rings. The maximum atomic E-state index is 13.9. The summed E-state index contributed by atoms with van der Waals surface area (Å²) in [5.41, 5.74) is -0.762. The largest absolute Gasteiger partial charge is 0.484 e. The van der Waals surface area contributed by atoms with Crippen LogP contribution in [0.5, 0.6) is 0 Å². The van der Waals surface area contributed by atoms with Crippen LogP contribution in [0.2, 0.25) is 0 Å². The summed E-state index contributed by atoms with van der Waals surface area (Å²) >= 11 is 0. The lowest BCUT2D eigenvalue weighted by molar-refractivity contribution is -0.308. The van der Waals surface area contributed by atoms with Crippen molar-refractivity contribution in [3.63, 3.8) is 0 Å². The molecule has 0 atom stereocenters. The summed E-state index contributed by atoms with van der Waals surface area (Å²) in [7, 11) is -10.1. The monoisotopic (exact) mass is 656 g/mol. The number of sulfonamides is 2. The quantitative estimate of drug-likeness (QED) is 0.0696. The molecule has 1 aromatic carbocycles. The van der Waals surface area contributed by atoms with Crippen LogP contribution in [0, 0.1) is 0 Å². The highest BCUT2D eigenvalue weighted by molar-refractivity contribution is 7.93. The molecule has 0 unspecified atom stereocenters. The van der Waals surface area contributed by atoms with Gasteiger partial charge >= 0.3 is 33.5 Å². The third kappa shape index (κ3) is 13.4. The van der Waals surface area contributed by atoms with E-state index in [1.165, 1.54) is 51.4 Å². The lowest BCUT2D eigenvalue weighted by Crippen LogP contribution is -2.50. The molecule has 0 bridgehead atoms. The highest BCUT2D eigenvalue weighted by Gasteiger charge is 2.69. The van der Waals surface area contributed by atoms with E-state index in [9.17, 15) is 47.6 Å². The number of hydrogen-bond donors (Lipinski definition) is 2. The Kier molecular flexibility index (Phi) is 16.0. The van der Waals surface area contributed by atoms with Crippen LogP contribution in [0.15, 0.2) is 36.4 Å². The number of halogens is 7. The van der Waals surface area contributed by atoms with Gasteiger partial charge in [-0.05, 0) is 30.7 Å². The minimum Gasteiger partial charge on any atom is -0.397 e. The van der Waals surface area contributed by atoms with Crippen molar-refractivity contribution in [2.75, 3.05) is 15.2 Å². The maximum absolute atomic E-state index is 13.9. The summed E-state index contributed by atoms with van der Waals surface area (Å²) in [6.45, 7) is 2.20. The lowest BCUT2D eigenvalue weighted by atomic mass is 10.0. The van der Waals surface area contributed by atoms with Crippen molar-refractivity contribution >= 4 is 31.4 Å². The van der Waals surface area contributed by atoms with Crippen LogP contribution >= 0.6 is 0 Å². The SMILES string of the molecule is CCCCCCCCCCCCCCCCS(=O)(=O)Nc1ccc(NS(=O)(=O)C(F)(F)C(F)(F)OC(F)=C(F)F)cc1. The number of unbranched alkanes of at least 4 members (excludes halogenated alkanes) is 13. The van der Waals surface area contributed by atoms with E-state index in [0.717, 1.165) is 54.7 Å². The Hall–Kier alpha value is -2.23. The molecule has 0 aromatic heterocycles. The Morgan fingerprint density at radius 2 is 1.05 bits per heavy atom. The summed E-state index contributed by atoms with van der Waals surface area (Å²) in [5.74, 6) is -0.189. The predicted molar refractivity (Wildman–Crippen MR) is 148 cm³/mol. The van der Waals surface area contributed by atoms with E-state index < -0.39 is 49.2 Å². The van der Waals surface area contributed by atoms with Crippen molar-refractivity contribution in [3.8, 4) is 0 Å². The van der Waals surface area contributed by atoms with Gasteiger partial charge in [-0.15, -0.1) is 0 Å². The van der Waals surface area contributed by atoms with Crippen molar-refractivity contribution in [2.45, 2.75) is 108 Å². The molecule has 0 aliphatic heterocycles. The van der Waals surface area contributed by atoms with E-state index in [0.29, 0.717) is 12.8 Å². The fourth-order valence-electron chi connectivity index (χ4n) is 3.91. The van der Waals surface area contributed by atoms with Gasteiger partial charge in [0.2, 0.25) is 10.0 Å². The van der Waals surface area contributed by atoms with E-state index >= 15 is 0 Å². The summed E-state index contributed by atoms with van der Waals surface area (Å²) in [5, 5.41) is -6.18. The third-order valence-electron chi connectivity index (χ3n) is 6.22. The van der Waals surface area contributed by atoms with Gasteiger partial charge in [0, 0.05) is 11.4 Å². The minimum absolute atomic E-state index is 0.0608. The molecule has 0 fully saturated rings. The van der Waals surface area contributed by atoms with Gasteiger partial charge in [-0.25, -0.2) is 8.42 Å². The second-order valence-corrected chi connectivity index (χ2v) is 13.4. The van der Waals surface area contributed by atoms with E-state index in [-0.39, 0.29) is 11.4 Å². The Bertz CT molecular complexity index is 1180. The normalized spacial score (nSPS) is 12.7. The molecule has 244 valence electrons. The van der Waals surface area contributed by atoms with Crippen molar-refractivity contribution in [1.82, 2.24) is 0 Å². The van der Waals surface area contributed by atoms with Gasteiger partial charge in [-0.1, -0.05) is 90.4 Å². The number of anilines is 2. The van der Waals surface area contributed by atoms with E-state index in [4.69, 9.17) is 0 Å². The molecule has 0 amide bonds. The molecular formula is C26H39F7N2O5S2. The molecule has 16 heteroatoms. The van der Waals surface area contributed by atoms with Gasteiger partial charge in [-0.2, -0.15) is 39.2 Å². The third-order valence-corrected chi connectivity index (χ3v) is 9.01. The number of benzene rings is 1. The Morgan fingerprint density at radius 3 is 1.45 bits per heavy atom. The standard InChI is InChI=1S/C26H39F7N2O5S2/c1-2-3-4-5-6-7-8-9-10-11-12-13-14-15-20-41(36,37)34-21-16-18-22(19-17-21)35-42(38,39)26(32,33)25(30,31)40-24(29)23(27)28/h16-19,34-35H,2-15,20H2,1H3. The van der Waals surface area contributed by atoms with Crippen LogP contribution in [0.25, 0.3) is 0 Å². The topological polar surface area (TPSA) is 102 Å². The first-order valence-electron chi connectivity index (χ1n) is 13.8. The molecule has 0 heterocycles.